The fraction of sp³-hybridized carbons (Fsp3) is 0.692. The Labute approximate surface area is 97.5 Å². The van der Waals surface area contributed by atoms with E-state index < -0.39 is 0 Å². The molecular formula is C13H21N3. The minimum atomic E-state index is 0.0972. The van der Waals surface area contributed by atoms with Crippen molar-refractivity contribution in [1.29, 1.82) is 0 Å². The number of nitrogens with two attached hydrogens (primary N) is 1. The van der Waals surface area contributed by atoms with E-state index in [2.05, 4.69) is 37.7 Å². The molecule has 0 radical (unpaired) electrons. The molecule has 1 unspecified atom stereocenters. The molecule has 0 spiro atoms. The van der Waals surface area contributed by atoms with Gasteiger partial charge in [0, 0.05) is 29.4 Å². The molecule has 2 rings (SSSR count). The van der Waals surface area contributed by atoms with Crippen LogP contribution in [-0.4, -0.2) is 9.97 Å². The average molecular weight is 219 g/mol. The van der Waals surface area contributed by atoms with Gasteiger partial charge in [0.1, 0.15) is 5.82 Å². The SMILES string of the molecule is CC(C)c1ncc2c(n1)CC(C)(C)CC2N. The Morgan fingerprint density at radius 2 is 2.12 bits per heavy atom. The molecule has 1 heterocycles. The van der Waals surface area contributed by atoms with E-state index in [1.165, 1.54) is 0 Å². The molecule has 0 saturated heterocycles. The molecule has 0 bridgehead atoms. The minimum Gasteiger partial charge on any atom is -0.324 e. The summed E-state index contributed by atoms with van der Waals surface area (Å²) in [4.78, 5) is 9.07. The highest BCUT2D eigenvalue weighted by atomic mass is 14.9. The van der Waals surface area contributed by atoms with Gasteiger partial charge in [0.2, 0.25) is 0 Å². The number of hydrogen-bond donors (Lipinski definition) is 1. The quantitative estimate of drug-likeness (QED) is 0.789. The van der Waals surface area contributed by atoms with Gasteiger partial charge in [-0.3, -0.25) is 0 Å². The Balaban J connectivity index is 2.42. The summed E-state index contributed by atoms with van der Waals surface area (Å²) < 4.78 is 0. The Hall–Kier alpha value is -0.960. The molecule has 0 aromatic carbocycles. The molecule has 2 N–H and O–H groups in total. The number of fused-ring (bicyclic) bond motifs is 1. The summed E-state index contributed by atoms with van der Waals surface area (Å²) in [6.07, 6.45) is 3.96. The summed E-state index contributed by atoms with van der Waals surface area (Å²) in [5, 5.41) is 0. The number of hydrogen-bond acceptors (Lipinski definition) is 3. The largest absolute Gasteiger partial charge is 0.324 e. The van der Waals surface area contributed by atoms with Crippen molar-refractivity contribution in [3.63, 3.8) is 0 Å². The van der Waals surface area contributed by atoms with E-state index in [-0.39, 0.29) is 11.5 Å². The third-order valence-electron chi connectivity index (χ3n) is 3.25. The summed E-state index contributed by atoms with van der Waals surface area (Å²) in [7, 11) is 0. The second-order valence-corrected chi connectivity index (χ2v) is 5.94. The van der Waals surface area contributed by atoms with Crippen molar-refractivity contribution in [2.75, 3.05) is 0 Å². The molecule has 1 aliphatic carbocycles. The Morgan fingerprint density at radius 1 is 1.44 bits per heavy atom. The van der Waals surface area contributed by atoms with Crippen molar-refractivity contribution in [2.45, 2.75) is 52.5 Å². The molecule has 0 amide bonds. The van der Waals surface area contributed by atoms with Crippen LogP contribution in [0, 0.1) is 5.41 Å². The van der Waals surface area contributed by atoms with Crippen molar-refractivity contribution in [2.24, 2.45) is 11.1 Å². The third kappa shape index (κ3) is 2.09. The molecule has 88 valence electrons. The monoisotopic (exact) mass is 219 g/mol. The lowest BCUT2D eigenvalue weighted by atomic mass is 9.74. The second-order valence-electron chi connectivity index (χ2n) is 5.94. The summed E-state index contributed by atoms with van der Waals surface area (Å²) in [6, 6.07) is 0.0972. The zero-order chi connectivity index (χ0) is 11.9. The molecule has 3 heteroatoms. The Morgan fingerprint density at radius 3 is 2.75 bits per heavy atom. The Kier molecular flexibility index (Phi) is 2.74. The van der Waals surface area contributed by atoms with Gasteiger partial charge in [-0.2, -0.15) is 0 Å². The molecule has 1 aromatic heterocycles. The molecule has 0 aliphatic heterocycles. The van der Waals surface area contributed by atoms with Crippen LogP contribution in [0.15, 0.2) is 6.20 Å². The maximum atomic E-state index is 6.17. The molecule has 1 aliphatic rings. The number of aromatic nitrogens is 2. The van der Waals surface area contributed by atoms with Crippen LogP contribution < -0.4 is 5.73 Å². The van der Waals surface area contributed by atoms with Gasteiger partial charge in [0.15, 0.2) is 0 Å². The van der Waals surface area contributed by atoms with Crippen molar-refractivity contribution >= 4 is 0 Å². The van der Waals surface area contributed by atoms with E-state index >= 15 is 0 Å². The van der Waals surface area contributed by atoms with Gasteiger partial charge in [-0.15, -0.1) is 0 Å². The van der Waals surface area contributed by atoms with Crippen LogP contribution in [0.2, 0.25) is 0 Å². The van der Waals surface area contributed by atoms with E-state index in [0.717, 1.165) is 29.9 Å². The molecule has 3 nitrogen and oxygen atoms in total. The van der Waals surface area contributed by atoms with Gasteiger partial charge in [-0.1, -0.05) is 27.7 Å². The van der Waals surface area contributed by atoms with Crippen LogP contribution in [0.3, 0.4) is 0 Å². The summed E-state index contributed by atoms with van der Waals surface area (Å²) >= 11 is 0. The van der Waals surface area contributed by atoms with E-state index in [1.807, 2.05) is 6.20 Å². The number of rotatable bonds is 1. The lowest BCUT2D eigenvalue weighted by molar-refractivity contribution is 0.277. The minimum absolute atomic E-state index is 0.0972. The standard InChI is InChI=1S/C13H21N3/c1-8(2)12-15-7-9-10(14)5-13(3,4)6-11(9)16-12/h7-8,10H,5-6,14H2,1-4H3. The van der Waals surface area contributed by atoms with Gasteiger partial charge < -0.3 is 5.73 Å². The molecule has 0 fully saturated rings. The van der Waals surface area contributed by atoms with Gasteiger partial charge in [0.05, 0.1) is 0 Å². The number of nitrogens with zero attached hydrogens (tertiary/aromatic N) is 2. The Bertz CT molecular complexity index is 396. The predicted molar refractivity (Wildman–Crippen MR) is 65.2 cm³/mol. The van der Waals surface area contributed by atoms with Crippen LogP contribution >= 0.6 is 0 Å². The topological polar surface area (TPSA) is 51.8 Å². The first kappa shape index (κ1) is 11.5. The van der Waals surface area contributed by atoms with Gasteiger partial charge in [-0.25, -0.2) is 9.97 Å². The fourth-order valence-electron chi connectivity index (χ4n) is 2.40. The van der Waals surface area contributed by atoms with Crippen molar-refractivity contribution in [3.05, 3.63) is 23.3 Å². The maximum Gasteiger partial charge on any atom is 0.131 e. The lowest BCUT2D eigenvalue weighted by Gasteiger charge is -2.34. The van der Waals surface area contributed by atoms with Gasteiger partial charge in [0.25, 0.3) is 0 Å². The summed E-state index contributed by atoms with van der Waals surface area (Å²) in [5.41, 5.74) is 8.72. The molecule has 1 atom stereocenters. The maximum absolute atomic E-state index is 6.17. The second kappa shape index (κ2) is 3.81. The highest BCUT2D eigenvalue weighted by Crippen LogP contribution is 2.38. The van der Waals surface area contributed by atoms with Crippen LogP contribution in [0.1, 0.15) is 63.2 Å². The predicted octanol–water partition coefficient (Wildman–Crippen LogP) is 2.57. The average Bonchev–Trinajstić information content (AvgIpc) is 2.14. The van der Waals surface area contributed by atoms with E-state index in [0.29, 0.717) is 5.92 Å². The van der Waals surface area contributed by atoms with Crippen LogP contribution in [-0.2, 0) is 6.42 Å². The third-order valence-corrected chi connectivity index (χ3v) is 3.25. The zero-order valence-electron chi connectivity index (χ0n) is 10.6. The zero-order valence-corrected chi connectivity index (χ0v) is 10.6. The van der Waals surface area contributed by atoms with Crippen molar-refractivity contribution in [1.82, 2.24) is 9.97 Å². The normalized spacial score (nSPS) is 23.2. The highest BCUT2D eigenvalue weighted by molar-refractivity contribution is 5.26. The summed E-state index contributed by atoms with van der Waals surface area (Å²) in [5.74, 6) is 1.32. The van der Waals surface area contributed by atoms with Crippen LogP contribution in [0.4, 0.5) is 0 Å². The van der Waals surface area contributed by atoms with Crippen molar-refractivity contribution < 1.29 is 0 Å². The van der Waals surface area contributed by atoms with E-state index in [1.54, 1.807) is 0 Å². The first-order valence-corrected chi connectivity index (χ1v) is 6.00. The molecule has 1 aromatic rings. The molecular weight excluding hydrogens is 198 g/mol. The van der Waals surface area contributed by atoms with Crippen molar-refractivity contribution in [3.8, 4) is 0 Å². The van der Waals surface area contributed by atoms with Crippen LogP contribution in [0.5, 0.6) is 0 Å². The molecule has 16 heavy (non-hydrogen) atoms. The van der Waals surface area contributed by atoms with Crippen LogP contribution in [0.25, 0.3) is 0 Å². The smallest absolute Gasteiger partial charge is 0.131 e. The van der Waals surface area contributed by atoms with Gasteiger partial charge >= 0.3 is 0 Å². The fourth-order valence-corrected chi connectivity index (χ4v) is 2.40. The van der Waals surface area contributed by atoms with E-state index in [4.69, 9.17) is 5.73 Å². The van der Waals surface area contributed by atoms with E-state index in [9.17, 15) is 0 Å². The summed E-state index contributed by atoms with van der Waals surface area (Å²) in [6.45, 7) is 8.76. The lowest BCUT2D eigenvalue weighted by Crippen LogP contribution is -2.31. The molecule has 0 saturated carbocycles. The highest BCUT2D eigenvalue weighted by Gasteiger charge is 2.31. The first-order chi connectivity index (χ1) is 7.39. The van der Waals surface area contributed by atoms with Gasteiger partial charge in [-0.05, 0) is 18.3 Å². The first-order valence-electron chi connectivity index (χ1n) is 6.00.